The summed E-state index contributed by atoms with van der Waals surface area (Å²) < 4.78 is 2.09. The molecular formula is C18H24N4O. The lowest BCUT2D eigenvalue weighted by Crippen LogP contribution is -2.33. The van der Waals surface area contributed by atoms with Crippen molar-refractivity contribution in [2.45, 2.75) is 25.8 Å². The van der Waals surface area contributed by atoms with Gasteiger partial charge in [-0.25, -0.2) is 4.98 Å². The molecule has 0 spiro atoms. The molecule has 0 unspecified atom stereocenters. The van der Waals surface area contributed by atoms with Crippen molar-refractivity contribution in [2.75, 3.05) is 26.2 Å². The maximum Gasteiger partial charge on any atom is 0.224 e. The fourth-order valence-electron chi connectivity index (χ4n) is 4.03. The van der Waals surface area contributed by atoms with Crippen molar-refractivity contribution >= 4 is 16.9 Å². The Morgan fingerprint density at radius 2 is 1.91 bits per heavy atom. The largest absolute Gasteiger partial charge is 0.343 e. The summed E-state index contributed by atoms with van der Waals surface area (Å²) in [6.07, 6.45) is 4.71. The maximum atomic E-state index is 12.6. The number of aromatic nitrogens is 2. The van der Waals surface area contributed by atoms with E-state index in [0.717, 1.165) is 61.9 Å². The molecule has 2 fully saturated rings. The first-order valence-electron chi connectivity index (χ1n) is 8.69. The van der Waals surface area contributed by atoms with E-state index in [2.05, 4.69) is 25.8 Å². The number of hydrogen-bond acceptors (Lipinski definition) is 3. The predicted molar refractivity (Wildman–Crippen MR) is 90.0 cm³/mol. The topological polar surface area (TPSA) is 50.2 Å². The average molecular weight is 312 g/mol. The monoisotopic (exact) mass is 312 g/mol. The van der Waals surface area contributed by atoms with E-state index in [0.29, 0.717) is 13.0 Å². The number of nitrogens with one attached hydrogen (secondary N) is 1. The molecule has 1 N–H and O–H groups in total. The van der Waals surface area contributed by atoms with Gasteiger partial charge in [0.05, 0.1) is 17.4 Å². The second-order valence-corrected chi connectivity index (χ2v) is 6.81. The van der Waals surface area contributed by atoms with Crippen molar-refractivity contribution in [3.8, 4) is 0 Å². The summed E-state index contributed by atoms with van der Waals surface area (Å²) in [5, 5.41) is 3.48. The van der Waals surface area contributed by atoms with Crippen LogP contribution in [0, 0.1) is 11.8 Å². The van der Waals surface area contributed by atoms with E-state index in [-0.39, 0.29) is 5.91 Å². The summed E-state index contributed by atoms with van der Waals surface area (Å²) in [6, 6.07) is 8.08. The number of carbonyl (C=O) groups is 1. The third-order valence-corrected chi connectivity index (χ3v) is 5.47. The van der Waals surface area contributed by atoms with Crippen LogP contribution in [0.15, 0.2) is 30.6 Å². The second-order valence-electron chi connectivity index (χ2n) is 6.81. The zero-order valence-corrected chi connectivity index (χ0v) is 13.4. The van der Waals surface area contributed by atoms with Gasteiger partial charge in [-0.3, -0.25) is 4.79 Å². The van der Waals surface area contributed by atoms with Crippen molar-refractivity contribution in [1.29, 1.82) is 0 Å². The van der Waals surface area contributed by atoms with E-state index in [1.165, 1.54) is 0 Å². The van der Waals surface area contributed by atoms with Crippen LogP contribution in [0.25, 0.3) is 11.0 Å². The van der Waals surface area contributed by atoms with Gasteiger partial charge in [0.2, 0.25) is 5.91 Å². The van der Waals surface area contributed by atoms with Crippen molar-refractivity contribution in [1.82, 2.24) is 19.8 Å². The highest BCUT2D eigenvalue weighted by molar-refractivity contribution is 5.77. The quantitative estimate of drug-likeness (QED) is 0.941. The van der Waals surface area contributed by atoms with Crippen LogP contribution in [0.4, 0.5) is 0 Å². The summed E-state index contributed by atoms with van der Waals surface area (Å²) in [5.74, 6) is 1.83. The van der Waals surface area contributed by atoms with E-state index >= 15 is 0 Å². The molecule has 1 aromatic carbocycles. The summed E-state index contributed by atoms with van der Waals surface area (Å²) in [6.45, 7) is 4.82. The molecule has 1 aromatic heterocycles. The number of fused-ring (bicyclic) bond motifs is 2. The Bertz CT molecular complexity index is 681. The van der Waals surface area contributed by atoms with Gasteiger partial charge < -0.3 is 14.8 Å². The summed E-state index contributed by atoms with van der Waals surface area (Å²) >= 11 is 0. The zero-order chi connectivity index (χ0) is 15.6. The van der Waals surface area contributed by atoms with Crippen LogP contribution in [0.1, 0.15) is 19.3 Å². The Morgan fingerprint density at radius 3 is 2.70 bits per heavy atom. The molecule has 2 aliphatic heterocycles. The summed E-state index contributed by atoms with van der Waals surface area (Å²) in [5.41, 5.74) is 2.10. The number of amides is 1. The lowest BCUT2D eigenvalue weighted by Gasteiger charge is -2.21. The van der Waals surface area contributed by atoms with Crippen molar-refractivity contribution in [2.24, 2.45) is 11.8 Å². The maximum absolute atomic E-state index is 12.6. The molecule has 2 saturated heterocycles. The van der Waals surface area contributed by atoms with E-state index in [1.807, 2.05) is 24.5 Å². The molecule has 0 radical (unpaired) electrons. The number of likely N-dealkylation sites (tertiary alicyclic amines) is 1. The SMILES string of the molecule is O=C(CCn1cnc2ccccc21)N1CC[C@@H]2CNC[C@@H]2CC1. The highest BCUT2D eigenvalue weighted by atomic mass is 16.2. The fourth-order valence-corrected chi connectivity index (χ4v) is 4.03. The van der Waals surface area contributed by atoms with Crippen molar-refractivity contribution in [3.63, 3.8) is 0 Å². The minimum absolute atomic E-state index is 0.288. The average Bonchev–Trinajstić information content (AvgIpc) is 3.15. The van der Waals surface area contributed by atoms with Gasteiger partial charge >= 0.3 is 0 Å². The van der Waals surface area contributed by atoms with Crippen LogP contribution in [-0.2, 0) is 11.3 Å². The number of aryl methyl sites for hydroxylation is 1. The second kappa shape index (κ2) is 6.32. The number of hydrogen-bond donors (Lipinski definition) is 1. The van der Waals surface area contributed by atoms with Gasteiger partial charge in [0.25, 0.3) is 0 Å². The Morgan fingerprint density at radius 1 is 1.17 bits per heavy atom. The number of nitrogens with zero attached hydrogens (tertiary/aromatic N) is 3. The standard InChI is InChI=1S/C18H24N4O/c23-18(21-8-5-14-11-19-12-15(14)6-9-21)7-10-22-13-20-16-3-1-2-4-17(16)22/h1-4,13-15,19H,5-12H2/t14-,15+. The van der Waals surface area contributed by atoms with Gasteiger partial charge in [0.1, 0.15) is 0 Å². The molecule has 122 valence electrons. The highest BCUT2D eigenvalue weighted by Crippen LogP contribution is 2.27. The number of benzene rings is 1. The van der Waals surface area contributed by atoms with E-state index in [9.17, 15) is 4.79 Å². The third-order valence-electron chi connectivity index (χ3n) is 5.47. The predicted octanol–water partition coefficient (Wildman–Crippen LogP) is 1.88. The molecule has 2 aromatic rings. The molecule has 23 heavy (non-hydrogen) atoms. The minimum Gasteiger partial charge on any atom is -0.343 e. The lowest BCUT2D eigenvalue weighted by atomic mass is 9.92. The van der Waals surface area contributed by atoms with Crippen LogP contribution in [0.3, 0.4) is 0 Å². The molecular weight excluding hydrogens is 288 g/mol. The number of rotatable bonds is 3. The smallest absolute Gasteiger partial charge is 0.224 e. The highest BCUT2D eigenvalue weighted by Gasteiger charge is 2.31. The van der Waals surface area contributed by atoms with Gasteiger partial charge in [0, 0.05) is 26.1 Å². The van der Waals surface area contributed by atoms with E-state index in [4.69, 9.17) is 0 Å². The van der Waals surface area contributed by atoms with Crippen LogP contribution in [0.5, 0.6) is 0 Å². The normalized spacial score (nSPS) is 24.6. The number of imidazole rings is 1. The Labute approximate surface area is 136 Å². The molecule has 3 heterocycles. The summed E-state index contributed by atoms with van der Waals surface area (Å²) in [7, 11) is 0. The number of carbonyl (C=O) groups excluding carboxylic acids is 1. The van der Waals surface area contributed by atoms with Crippen LogP contribution in [-0.4, -0.2) is 46.5 Å². The van der Waals surface area contributed by atoms with Crippen LogP contribution < -0.4 is 5.32 Å². The first-order valence-corrected chi connectivity index (χ1v) is 8.69. The molecule has 0 aliphatic carbocycles. The molecule has 5 heteroatoms. The molecule has 2 atom stereocenters. The van der Waals surface area contributed by atoms with Gasteiger partial charge in [-0.15, -0.1) is 0 Å². The molecule has 0 bridgehead atoms. The van der Waals surface area contributed by atoms with Gasteiger partial charge in [-0.1, -0.05) is 12.1 Å². The minimum atomic E-state index is 0.288. The van der Waals surface area contributed by atoms with Gasteiger partial charge in [-0.05, 0) is 49.9 Å². The number of para-hydroxylation sites is 2. The Hall–Kier alpha value is -1.88. The molecule has 1 amide bonds. The fraction of sp³-hybridized carbons (Fsp3) is 0.556. The van der Waals surface area contributed by atoms with Crippen molar-refractivity contribution in [3.05, 3.63) is 30.6 Å². The van der Waals surface area contributed by atoms with Crippen LogP contribution in [0.2, 0.25) is 0 Å². The van der Waals surface area contributed by atoms with Gasteiger partial charge in [0.15, 0.2) is 0 Å². The molecule has 2 aliphatic rings. The third kappa shape index (κ3) is 2.98. The molecule has 5 nitrogen and oxygen atoms in total. The van der Waals surface area contributed by atoms with E-state index in [1.54, 1.807) is 0 Å². The molecule has 4 rings (SSSR count). The molecule has 0 saturated carbocycles. The Balaban J connectivity index is 1.36. The van der Waals surface area contributed by atoms with Gasteiger partial charge in [-0.2, -0.15) is 0 Å². The Kier molecular flexibility index (Phi) is 4.04. The van der Waals surface area contributed by atoms with E-state index < -0.39 is 0 Å². The zero-order valence-electron chi connectivity index (χ0n) is 13.4. The first kappa shape index (κ1) is 14.7. The first-order chi connectivity index (χ1) is 11.3. The van der Waals surface area contributed by atoms with Crippen molar-refractivity contribution < 1.29 is 4.79 Å². The lowest BCUT2D eigenvalue weighted by molar-refractivity contribution is -0.131. The summed E-state index contributed by atoms with van der Waals surface area (Å²) in [4.78, 5) is 19.1. The van der Waals surface area contributed by atoms with Crippen LogP contribution >= 0.6 is 0 Å².